The molecule has 2 aromatic carbocycles. The van der Waals surface area contributed by atoms with Crippen LogP contribution in [0.1, 0.15) is 36.5 Å². The maximum atomic E-state index is 12.3. The van der Waals surface area contributed by atoms with Gasteiger partial charge in [-0.05, 0) is 43.2 Å². The number of hydrogen-bond acceptors (Lipinski definition) is 4. The van der Waals surface area contributed by atoms with Gasteiger partial charge < -0.3 is 20.1 Å². The minimum absolute atomic E-state index is 0.108. The molecule has 0 unspecified atom stereocenters. The number of nitrogens with one attached hydrogen (secondary N) is 2. The van der Waals surface area contributed by atoms with Crippen LogP contribution < -0.4 is 20.1 Å². The van der Waals surface area contributed by atoms with Crippen LogP contribution in [0.25, 0.3) is 0 Å². The van der Waals surface area contributed by atoms with Crippen LogP contribution in [0.15, 0.2) is 48.5 Å². The van der Waals surface area contributed by atoms with Crippen molar-refractivity contribution in [2.45, 2.75) is 26.2 Å². The van der Waals surface area contributed by atoms with Gasteiger partial charge in [-0.3, -0.25) is 4.79 Å². The van der Waals surface area contributed by atoms with Crippen LogP contribution in [0, 0.1) is 0 Å². The molecule has 0 atom stereocenters. The highest BCUT2D eigenvalue weighted by Gasteiger charge is 2.10. The number of methoxy groups -OCH3 is 1. The maximum Gasteiger partial charge on any atom is 0.251 e. The third kappa shape index (κ3) is 6.31. The molecule has 2 aromatic rings. The first-order chi connectivity index (χ1) is 12.7. The van der Waals surface area contributed by atoms with E-state index in [1.807, 2.05) is 30.3 Å². The third-order valence-corrected chi connectivity index (χ3v) is 3.92. The van der Waals surface area contributed by atoms with Crippen molar-refractivity contribution in [1.82, 2.24) is 5.32 Å². The molecule has 140 valence electrons. The molecule has 1 amide bonds. The molecule has 2 rings (SSSR count). The van der Waals surface area contributed by atoms with E-state index >= 15 is 0 Å². The predicted octanol–water partition coefficient (Wildman–Crippen LogP) is 4.11. The Hall–Kier alpha value is -2.69. The van der Waals surface area contributed by atoms with Crippen LogP contribution in [0.4, 0.5) is 5.69 Å². The smallest absolute Gasteiger partial charge is 0.251 e. The van der Waals surface area contributed by atoms with Gasteiger partial charge >= 0.3 is 0 Å². The van der Waals surface area contributed by atoms with E-state index in [0.717, 1.165) is 31.5 Å². The van der Waals surface area contributed by atoms with Gasteiger partial charge in [0.15, 0.2) is 11.5 Å². The molecule has 0 saturated carbocycles. The van der Waals surface area contributed by atoms with Gasteiger partial charge in [0.2, 0.25) is 0 Å². The van der Waals surface area contributed by atoms with Crippen molar-refractivity contribution in [2.75, 3.05) is 32.1 Å². The van der Waals surface area contributed by atoms with E-state index in [-0.39, 0.29) is 5.91 Å². The van der Waals surface area contributed by atoms with Gasteiger partial charge in [0, 0.05) is 24.3 Å². The van der Waals surface area contributed by atoms with Crippen molar-refractivity contribution in [3.05, 3.63) is 54.1 Å². The van der Waals surface area contributed by atoms with E-state index < -0.39 is 0 Å². The van der Waals surface area contributed by atoms with Crippen LogP contribution in [-0.2, 0) is 0 Å². The number of anilines is 1. The number of hydrogen-bond donors (Lipinski definition) is 2. The van der Waals surface area contributed by atoms with Gasteiger partial charge in [0.05, 0.1) is 13.7 Å². The Morgan fingerprint density at radius 2 is 1.81 bits per heavy atom. The fraction of sp³-hybridized carbons (Fsp3) is 0.381. The summed E-state index contributed by atoms with van der Waals surface area (Å²) in [7, 11) is 1.58. The van der Waals surface area contributed by atoms with Crippen LogP contribution in [0.5, 0.6) is 11.5 Å². The lowest BCUT2D eigenvalue weighted by Crippen LogP contribution is -2.25. The summed E-state index contributed by atoms with van der Waals surface area (Å²) in [6.07, 6.45) is 2.90. The van der Waals surface area contributed by atoms with E-state index in [1.54, 1.807) is 25.3 Å². The van der Waals surface area contributed by atoms with Gasteiger partial charge in [-0.1, -0.05) is 31.5 Å². The molecule has 26 heavy (non-hydrogen) atoms. The zero-order valence-electron chi connectivity index (χ0n) is 15.6. The summed E-state index contributed by atoms with van der Waals surface area (Å²) in [6.45, 7) is 4.17. The van der Waals surface area contributed by atoms with E-state index in [2.05, 4.69) is 17.6 Å². The zero-order chi connectivity index (χ0) is 18.6. The Morgan fingerprint density at radius 3 is 2.54 bits per heavy atom. The molecule has 0 radical (unpaired) electrons. The fourth-order valence-electron chi connectivity index (χ4n) is 2.44. The molecule has 0 aliphatic rings. The van der Waals surface area contributed by atoms with Gasteiger partial charge in [-0.25, -0.2) is 0 Å². The van der Waals surface area contributed by atoms with E-state index in [9.17, 15) is 4.79 Å². The Labute approximate surface area is 155 Å². The number of rotatable bonds is 11. The second-order valence-corrected chi connectivity index (χ2v) is 5.97. The molecular weight excluding hydrogens is 328 g/mol. The highest BCUT2D eigenvalue weighted by Crippen LogP contribution is 2.28. The summed E-state index contributed by atoms with van der Waals surface area (Å²) in [5, 5.41) is 6.25. The molecule has 0 saturated heterocycles. The summed E-state index contributed by atoms with van der Waals surface area (Å²) < 4.78 is 11.0. The minimum atomic E-state index is -0.108. The van der Waals surface area contributed by atoms with Crippen molar-refractivity contribution in [1.29, 1.82) is 0 Å². The number of carbonyl (C=O) groups excluding carboxylic acids is 1. The molecule has 5 nitrogen and oxygen atoms in total. The molecule has 0 aliphatic heterocycles. The second-order valence-electron chi connectivity index (χ2n) is 5.97. The Balaban J connectivity index is 1.77. The first-order valence-electron chi connectivity index (χ1n) is 9.12. The number of para-hydroxylation sites is 1. The van der Waals surface area contributed by atoms with Crippen LogP contribution >= 0.6 is 0 Å². The molecule has 0 fully saturated rings. The molecule has 0 spiro atoms. The quantitative estimate of drug-likeness (QED) is 0.595. The van der Waals surface area contributed by atoms with Crippen LogP contribution in [0.3, 0.4) is 0 Å². The molecule has 0 aromatic heterocycles. The summed E-state index contributed by atoms with van der Waals surface area (Å²) in [5.74, 6) is 1.15. The Bertz CT molecular complexity index is 674. The molecule has 0 aliphatic carbocycles. The van der Waals surface area contributed by atoms with Crippen LogP contribution in [-0.4, -0.2) is 32.7 Å². The number of benzene rings is 2. The molecule has 5 heteroatoms. The minimum Gasteiger partial charge on any atom is -0.493 e. The Morgan fingerprint density at radius 1 is 1.00 bits per heavy atom. The lowest BCUT2D eigenvalue weighted by molar-refractivity contribution is 0.0953. The van der Waals surface area contributed by atoms with Gasteiger partial charge in [-0.2, -0.15) is 0 Å². The zero-order valence-corrected chi connectivity index (χ0v) is 15.6. The van der Waals surface area contributed by atoms with Crippen molar-refractivity contribution < 1.29 is 14.3 Å². The second kappa shape index (κ2) is 11.0. The average molecular weight is 356 g/mol. The maximum absolute atomic E-state index is 12.3. The summed E-state index contributed by atoms with van der Waals surface area (Å²) in [5.41, 5.74) is 1.66. The Kier molecular flexibility index (Phi) is 8.33. The number of ether oxygens (including phenoxy) is 2. The van der Waals surface area contributed by atoms with Crippen molar-refractivity contribution >= 4 is 11.6 Å². The number of amides is 1. The van der Waals surface area contributed by atoms with Gasteiger partial charge in [-0.15, -0.1) is 0 Å². The van der Waals surface area contributed by atoms with Gasteiger partial charge in [0.25, 0.3) is 5.91 Å². The number of unbranched alkanes of at least 4 members (excludes halogenated alkanes) is 1. The van der Waals surface area contributed by atoms with Gasteiger partial charge in [0.1, 0.15) is 0 Å². The molecule has 2 N–H and O–H groups in total. The number of carbonyl (C=O) groups is 1. The highest BCUT2D eigenvalue weighted by atomic mass is 16.5. The van der Waals surface area contributed by atoms with Crippen LogP contribution in [0.2, 0.25) is 0 Å². The van der Waals surface area contributed by atoms with Crippen molar-refractivity contribution in [3.63, 3.8) is 0 Å². The normalized spacial score (nSPS) is 10.2. The first-order valence-corrected chi connectivity index (χ1v) is 9.12. The van der Waals surface area contributed by atoms with E-state index in [1.165, 1.54) is 0 Å². The highest BCUT2D eigenvalue weighted by molar-refractivity contribution is 5.94. The standard InChI is InChI=1S/C21H28N2O3/c1-3-4-15-26-19-12-11-17(16-20(19)25-2)21(24)23-14-8-13-22-18-9-6-5-7-10-18/h5-7,9-12,16,22H,3-4,8,13-15H2,1-2H3,(H,23,24). The predicted molar refractivity (Wildman–Crippen MR) is 105 cm³/mol. The van der Waals surface area contributed by atoms with E-state index in [0.29, 0.717) is 30.2 Å². The van der Waals surface area contributed by atoms with Crippen molar-refractivity contribution in [3.8, 4) is 11.5 Å². The monoisotopic (exact) mass is 356 g/mol. The first kappa shape index (κ1) is 19.6. The topological polar surface area (TPSA) is 59.6 Å². The fourth-order valence-corrected chi connectivity index (χ4v) is 2.44. The lowest BCUT2D eigenvalue weighted by Gasteiger charge is -2.12. The SMILES string of the molecule is CCCCOc1ccc(C(=O)NCCCNc2ccccc2)cc1OC. The molecular formula is C21H28N2O3. The third-order valence-electron chi connectivity index (χ3n) is 3.92. The summed E-state index contributed by atoms with van der Waals surface area (Å²) in [4.78, 5) is 12.3. The van der Waals surface area contributed by atoms with E-state index in [4.69, 9.17) is 9.47 Å². The summed E-state index contributed by atoms with van der Waals surface area (Å²) in [6, 6.07) is 15.3. The molecule has 0 bridgehead atoms. The largest absolute Gasteiger partial charge is 0.493 e. The molecule has 0 heterocycles. The lowest BCUT2D eigenvalue weighted by atomic mass is 10.2. The van der Waals surface area contributed by atoms with Crippen molar-refractivity contribution in [2.24, 2.45) is 0 Å². The summed E-state index contributed by atoms with van der Waals surface area (Å²) >= 11 is 0. The average Bonchev–Trinajstić information content (AvgIpc) is 2.68.